The Morgan fingerprint density at radius 3 is 2.54 bits per heavy atom. The number of hydrogen-bond donors (Lipinski definition) is 3. The van der Waals surface area contributed by atoms with Crippen LogP contribution in [0, 0.1) is 0 Å². The zero-order chi connectivity index (χ0) is 25.5. The standard InChI is InChI=1S/C25H25BN2O7S.ClH/c27-23(24(29)30)12-17-5-4-8-21(11-17)36(32,33)28-15-25(16-28,19-6-2-1-3-7-19)35-20-9-10-22-18(13-20)14-34-26(22)31;/h1-11,13,23,31H,12,14-16,27H2,(H,29,30);1H. The van der Waals surface area contributed by atoms with E-state index in [4.69, 9.17) is 20.2 Å². The molecule has 0 saturated carbocycles. The molecule has 1 unspecified atom stereocenters. The number of benzene rings is 3. The summed E-state index contributed by atoms with van der Waals surface area (Å²) in [5.41, 5.74) is 7.61. The maximum absolute atomic E-state index is 13.4. The van der Waals surface area contributed by atoms with Crippen molar-refractivity contribution in [3.63, 3.8) is 0 Å². The van der Waals surface area contributed by atoms with Crippen molar-refractivity contribution in [1.29, 1.82) is 0 Å². The Balaban J connectivity index is 0.00000320. The number of rotatable bonds is 8. The minimum absolute atomic E-state index is 0. The third-order valence-corrected chi connectivity index (χ3v) is 8.35. The van der Waals surface area contributed by atoms with Crippen LogP contribution in [0.2, 0.25) is 0 Å². The number of carboxylic acid groups (broad SMARTS) is 1. The van der Waals surface area contributed by atoms with E-state index in [1.807, 2.05) is 36.4 Å². The highest BCUT2D eigenvalue weighted by molar-refractivity contribution is 7.89. The van der Waals surface area contributed by atoms with Gasteiger partial charge in [0.15, 0.2) is 5.60 Å². The molecule has 3 aromatic rings. The van der Waals surface area contributed by atoms with Gasteiger partial charge < -0.3 is 25.3 Å². The van der Waals surface area contributed by atoms with Gasteiger partial charge in [-0.3, -0.25) is 4.79 Å². The second-order valence-corrected chi connectivity index (χ2v) is 11.0. The summed E-state index contributed by atoms with van der Waals surface area (Å²) in [5, 5.41) is 19.0. The van der Waals surface area contributed by atoms with Crippen molar-refractivity contribution in [1.82, 2.24) is 4.31 Å². The van der Waals surface area contributed by atoms with Crippen LogP contribution >= 0.6 is 12.4 Å². The monoisotopic (exact) mass is 544 g/mol. The molecule has 194 valence electrons. The highest BCUT2D eigenvalue weighted by atomic mass is 35.5. The molecule has 3 aromatic carbocycles. The van der Waals surface area contributed by atoms with Gasteiger partial charge in [-0.1, -0.05) is 48.5 Å². The lowest BCUT2D eigenvalue weighted by molar-refractivity contribution is -0.138. The normalized spacial score (nSPS) is 17.3. The van der Waals surface area contributed by atoms with Crippen LogP contribution in [0.25, 0.3) is 0 Å². The molecule has 4 N–H and O–H groups in total. The zero-order valence-corrected chi connectivity index (χ0v) is 21.3. The molecule has 0 aliphatic carbocycles. The molecule has 0 aromatic heterocycles. The van der Waals surface area contributed by atoms with Gasteiger partial charge in [0, 0.05) is 0 Å². The highest BCUT2D eigenvalue weighted by Crippen LogP contribution is 2.40. The van der Waals surface area contributed by atoms with E-state index in [9.17, 15) is 18.2 Å². The predicted molar refractivity (Wildman–Crippen MR) is 139 cm³/mol. The number of hydrogen-bond acceptors (Lipinski definition) is 7. The quantitative estimate of drug-likeness (QED) is 0.360. The summed E-state index contributed by atoms with van der Waals surface area (Å²) in [4.78, 5) is 11.2. The van der Waals surface area contributed by atoms with Crippen LogP contribution in [-0.4, -0.2) is 55.1 Å². The number of nitrogens with zero attached hydrogens (tertiary/aromatic N) is 1. The van der Waals surface area contributed by atoms with Gasteiger partial charge in [-0.25, -0.2) is 8.42 Å². The number of ether oxygens (including phenoxy) is 1. The van der Waals surface area contributed by atoms with Crippen LogP contribution in [0.4, 0.5) is 0 Å². The third kappa shape index (κ3) is 5.24. The molecular formula is C25H26BClN2O7S. The molecular weight excluding hydrogens is 519 g/mol. The second kappa shape index (κ2) is 10.4. The first-order valence-electron chi connectivity index (χ1n) is 11.4. The van der Waals surface area contributed by atoms with E-state index in [0.29, 0.717) is 16.8 Å². The SMILES string of the molecule is Cl.NC(Cc1cccc(S(=O)(=O)N2CC(Oc3ccc4c(c3)COB4O)(c3ccccc3)C2)c1)C(=O)O. The van der Waals surface area contributed by atoms with Crippen molar-refractivity contribution >= 4 is 41.0 Å². The van der Waals surface area contributed by atoms with E-state index < -0.39 is 34.8 Å². The smallest absolute Gasteiger partial charge is 0.480 e. The summed E-state index contributed by atoms with van der Waals surface area (Å²) in [6.07, 6.45) is 0.0203. The number of nitrogens with two attached hydrogens (primary N) is 1. The molecule has 5 rings (SSSR count). The van der Waals surface area contributed by atoms with Gasteiger partial charge in [0.2, 0.25) is 10.0 Å². The van der Waals surface area contributed by atoms with Crippen LogP contribution in [0.5, 0.6) is 5.75 Å². The van der Waals surface area contributed by atoms with E-state index in [1.165, 1.54) is 16.4 Å². The van der Waals surface area contributed by atoms with E-state index >= 15 is 0 Å². The average molecular weight is 545 g/mol. The maximum atomic E-state index is 13.4. The largest absolute Gasteiger partial charge is 0.491 e. The minimum atomic E-state index is -3.86. The Bertz CT molecular complexity index is 1400. The first kappa shape index (κ1) is 27.1. The Hall–Kier alpha value is -2.93. The predicted octanol–water partition coefficient (Wildman–Crippen LogP) is 1.26. The van der Waals surface area contributed by atoms with Crippen molar-refractivity contribution in [2.24, 2.45) is 5.73 Å². The van der Waals surface area contributed by atoms with E-state index in [1.54, 1.807) is 24.3 Å². The number of sulfonamides is 1. The molecule has 2 aliphatic heterocycles. The summed E-state index contributed by atoms with van der Waals surface area (Å²) >= 11 is 0. The van der Waals surface area contributed by atoms with Crippen LogP contribution in [0.1, 0.15) is 16.7 Å². The minimum Gasteiger partial charge on any atom is -0.480 e. The lowest BCUT2D eigenvalue weighted by Gasteiger charge is -2.49. The summed E-state index contributed by atoms with van der Waals surface area (Å²) in [6.45, 7) is 0.456. The molecule has 1 fully saturated rings. The molecule has 0 spiro atoms. The third-order valence-electron chi connectivity index (χ3n) is 6.56. The van der Waals surface area contributed by atoms with Crippen molar-refractivity contribution in [2.45, 2.75) is 29.6 Å². The lowest BCUT2D eigenvalue weighted by Crippen LogP contribution is -2.64. The number of carbonyl (C=O) groups is 1. The number of aliphatic carboxylic acids is 1. The molecule has 9 nitrogen and oxygen atoms in total. The van der Waals surface area contributed by atoms with Gasteiger partial charge >= 0.3 is 13.1 Å². The van der Waals surface area contributed by atoms with Crippen LogP contribution in [-0.2, 0) is 38.1 Å². The Kier molecular flexibility index (Phi) is 7.66. The fourth-order valence-corrected chi connectivity index (χ4v) is 6.17. The van der Waals surface area contributed by atoms with Gasteiger partial charge in [-0.05, 0) is 52.8 Å². The summed E-state index contributed by atoms with van der Waals surface area (Å²) in [7, 11) is -4.81. The molecule has 2 heterocycles. The van der Waals surface area contributed by atoms with E-state index in [2.05, 4.69) is 0 Å². The Morgan fingerprint density at radius 2 is 1.84 bits per heavy atom. The molecule has 0 amide bonds. The maximum Gasteiger partial charge on any atom is 0.491 e. The Labute approximate surface area is 221 Å². The van der Waals surface area contributed by atoms with Gasteiger partial charge in [-0.2, -0.15) is 4.31 Å². The van der Waals surface area contributed by atoms with Gasteiger partial charge in [-0.15, -0.1) is 12.4 Å². The fourth-order valence-electron chi connectivity index (χ4n) is 4.56. The molecule has 2 aliphatic rings. The van der Waals surface area contributed by atoms with Crippen LogP contribution in [0.15, 0.2) is 77.7 Å². The summed E-state index contributed by atoms with van der Waals surface area (Å²) in [5.74, 6) is -0.597. The van der Waals surface area contributed by atoms with E-state index in [-0.39, 0.29) is 43.4 Å². The molecule has 0 radical (unpaired) electrons. The molecule has 1 saturated heterocycles. The van der Waals surface area contributed by atoms with Gasteiger partial charge in [0.1, 0.15) is 11.8 Å². The average Bonchev–Trinajstić information content (AvgIpc) is 3.21. The van der Waals surface area contributed by atoms with Crippen molar-refractivity contribution < 1.29 is 32.7 Å². The topological polar surface area (TPSA) is 139 Å². The zero-order valence-electron chi connectivity index (χ0n) is 19.7. The second-order valence-electron chi connectivity index (χ2n) is 9.06. The number of halogens is 1. The fraction of sp³-hybridized carbons (Fsp3) is 0.240. The first-order chi connectivity index (χ1) is 17.2. The van der Waals surface area contributed by atoms with Crippen molar-refractivity contribution in [2.75, 3.05) is 13.1 Å². The van der Waals surface area contributed by atoms with Crippen molar-refractivity contribution in [3.8, 4) is 5.75 Å². The van der Waals surface area contributed by atoms with Crippen LogP contribution < -0.4 is 15.9 Å². The molecule has 37 heavy (non-hydrogen) atoms. The lowest BCUT2D eigenvalue weighted by atomic mass is 9.79. The molecule has 12 heteroatoms. The van der Waals surface area contributed by atoms with Gasteiger partial charge in [0.25, 0.3) is 0 Å². The number of carboxylic acids is 1. The van der Waals surface area contributed by atoms with Crippen molar-refractivity contribution in [3.05, 3.63) is 89.5 Å². The Morgan fingerprint density at radius 1 is 1.11 bits per heavy atom. The van der Waals surface area contributed by atoms with E-state index in [0.717, 1.165) is 11.1 Å². The molecule has 0 bridgehead atoms. The summed E-state index contributed by atoms with van der Waals surface area (Å²) in [6, 6.07) is 19.8. The summed E-state index contributed by atoms with van der Waals surface area (Å²) < 4.78 is 39.9. The van der Waals surface area contributed by atoms with Gasteiger partial charge in [0.05, 0.1) is 24.6 Å². The highest BCUT2D eigenvalue weighted by Gasteiger charge is 2.52. The number of fused-ring (bicyclic) bond motifs is 1. The molecule has 1 atom stereocenters. The van der Waals surface area contributed by atoms with Crippen LogP contribution in [0.3, 0.4) is 0 Å². The first-order valence-corrected chi connectivity index (χ1v) is 12.9.